The first-order chi connectivity index (χ1) is 12.6. The zero-order chi connectivity index (χ0) is 18.5. The Morgan fingerprint density at radius 3 is 2.65 bits per heavy atom. The number of primary amides is 1. The average Bonchev–Trinajstić information content (AvgIpc) is 3.11. The zero-order valence-electron chi connectivity index (χ0n) is 14.1. The Morgan fingerprint density at radius 2 is 1.96 bits per heavy atom. The number of halogens is 1. The van der Waals surface area contributed by atoms with Gasteiger partial charge in [0.25, 0.3) is 0 Å². The van der Waals surface area contributed by atoms with Gasteiger partial charge in [0.1, 0.15) is 23.1 Å². The topological polar surface area (TPSA) is 74.4 Å². The van der Waals surface area contributed by atoms with Crippen molar-refractivity contribution in [3.05, 3.63) is 63.6 Å². The summed E-state index contributed by atoms with van der Waals surface area (Å²) in [7, 11) is 0. The molecule has 2 N–H and O–H groups in total. The molecule has 0 saturated carbocycles. The van der Waals surface area contributed by atoms with Gasteiger partial charge < -0.3 is 15.2 Å². The molecule has 3 aromatic rings. The Hall–Kier alpha value is -2.38. The molecule has 0 fully saturated rings. The summed E-state index contributed by atoms with van der Waals surface area (Å²) in [5.41, 5.74) is 7.55. The van der Waals surface area contributed by atoms with Crippen LogP contribution in [0.1, 0.15) is 23.0 Å². The van der Waals surface area contributed by atoms with Crippen molar-refractivity contribution in [1.82, 2.24) is 4.98 Å². The second kappa shape index (κ2) is 8.33. The summed E-state index contributed by atoms with van der Waals surface area (Å²) in [5.74, 6) is 0.904. The van der Waals surface area contributed by atoms with E-state index in [-0.39, 0.29) is 0 Å². The number of amides is 1. The van der Waals surface area contributed by atoms with Crippen LogP contribution in [-0.2, 0) is 6.61 Å². The summed E-state index contributed by atoms with van der Waals surface area (Å²) < 4.78 is 12.0. The maximum Gasteiger partial charge on any atom is 0.248 e. The summed E-state index contributed by atoms with van der Waals surface area (Å²) in [4.78, 5) is 15.9. The Balaban J connectivity index is 1.69. The number of ether oxygens (including phenoxy) is 2. The molecule has 0 unspecified atom stereocenters. The van der Waals surface area contributed by atoms with Gasteiger partial charge in [0, 0.05) is 16.5 Å². The van der Waals surface area contributed by atoms with Crippen molar-refractivity contribution in [3.63, 3.8) is 0 Å². The highest BCUT2D eigenvalue weighted by molar-refractivity contribution is 9.10. The maximum absolute atomic E-state index is 11.3. The Morgan fingerprint density at radius 1 is 1.19 bits per heavy atom. The molecule has 0 bridgehead atoms. The molecule has 0 saturated heterocycles. The molecule has 2 aromatic carbocycles. The normalized spacial score (nSPS) is 10.5. The fourth-order valence-corrected chi connectivity index (χ4v) is 3.46. The Labute approximate surface area is 163 Å². The van der Waals surface area contributed by atoms with Crippen LogP contribution in [0.3, 0.4) is 0 Å². The van der Waals surface area contributed by atoms with E-state index < -0.39 is 5.91 Å². The molecule has 1 heterocycles. The van der Waals surface area contributed by atoms with Crippen molar-refractivity contribution < 1.29 is 14.3 Å². The predicted molar refractivity (Wildman–Crippen MR) is 106 cm³/mol. The standard InChI is InChI=1S/C19H17BrN2O3S/c1-2-24-15-6-3-12(4-7-15)19-22-14(11-26-19)10-25-17-9-13(18(21)23)5-8-16(17)20/h3-9,11H,2,10H2,1H3,(H2,21,23). The first-order valence-corrected chi connectivity index (χ1v) is 9.64. The number of nitrogens with zero attached hydrogens (tertiary/aromatic N) is 1. The SMILES string of the molecule is CCOc1ccc(-c2nc(COc3cc(C(N)=O)ccc3Br)cs2)cc1. The Kier molecular flexibility index (Phi) is 5.90. The Bertz CT molecular complexity index is 909. The third kappa shape index (κ3) is 4.42. The highest BCUT2D eigenvalue weighted by Crippen LogP contribution is 2.29. The summed E-state index contributed by atoms with van der Waals surface area (Å²) in [5, 5.41) is 2.87. The van der Waals surface area contributed by atoms with Crippen molar-refractivity contribution in [2.75, 3.05) is 6.61 Å². The lowest BCUT2D eigenvalue weighted by molar-refractivity contribution is 0.1000. The number of hydrogen-bond donors (Lipinski definition) is 1. The molecule has 0 atom stereocenters. The van der Waals surface area contributed by atoms with Crippen molar-refractivity contribution in [3.8, 4) is 22.1 Å². The van der Waals surface area contributed by atoms with E-state index in [0.717, 1.165) is 26.5 Å². The number of rotatable bonds is 7. The average molecular weight is 433 g/mol. The van der Waals surface area contributed by atoms with E-state index in [1.54, 1.807) is 29.5 Å². The molecule has 0 aliphatic rings. The molecule has 26 heavy (non-hydrogen) atoms. The van der Waals surface area contributed by atoms with Gasteiger partial charge in [0.15, 0.2) is 0 Å². The van der Waals surface area contributed by atoms with E-state index in [1.165, 1.54) is 0 Å². The third-order valence-corrected chi connectivity index (χ3v) is 5.15. The predicted octanol–water partition coefficient (Wildman–Crippen LogP) is 4.65. The number of hydrogen-bond acceptors (Lipinski definition) is 5. The minimum absolute atomic E-state index is 0.300. The van der Waals surface area contributed by atoms with Crippen molar-refractivity contribution in [2.45, 2.75) is 13.5 Å². The van der Waals surface area contributed by atoms with Crippen LogP contribution in [0.4, 0.5) is 0 Å². The van der Waals surface area contributed by atoms with Gasteiger partial charge in [-0.3, -0.25) is 4.79 Å². The highest BCUT2D eigenvalue weighted by Gasteiger charge is 2.09. The summed E-state index contributed by atoms with van der Waals surface area (Å²) in [6, 6.07) is 12.8. The number of carbonyl (C=O) groups excluding carboxylic acids is 1. The molecule has 0 aliphatic heterocycles. The van der Waals surface area contributed by atoms with Crippen molar-refractivity contribution in [1.29, 1.82) is 0 Å². The lowest BCUT2D eigenvalue weighted by atomic mass is 10.2. The molecule has 0 spiro atoms. The number of aromatic nitrogens is 1. The second-order valence-corrected chi connectivity index (χ2v) is 7.11. The van der Waals surface area contributed by atoms with E-state index in [4.69, 9.17) is 15.2 Å². The van der Waals surface area contributed by atoms with Crippen LogP contribution in [0.25, 0.3) is 10.6 Å². The number of benzene rings is 2. The molecule has 7 heteroatoms. The van der Waals surface area contributed by atoms with E-state index >= 15 is 0 Å². The van der Waals surface area contributed by atoms with Crippen LogP contribution in [0, 0.1) is 0 Å². The number of nitrogens with two attached hydrogens (primary N) is 1. The van der Waals surface area contributed by atoms with Crippen LogP contribution >= 0.6 is 27.3 Å². The van der Waals surface area contributed by atoms with E-state index in [2.05, 4.69) is 20.9 Å². The summed E-state index contributed by atoms with van der Waals surface area (Å²) in [6.07, 6.45) is 0. The van der Waals surface area contributed by atoms with Crippen molar-refractivity contribution in [2.24, 2.45) is 5.73 Å². The van der Waals surface area contributed by atoms with Crippen LogP contribution < -0.4 is 15.2 Å². The summed E-state index contributed by atoms with van der Waals surface area (Å²) in [6.45, 7) is 2.90. The number of carbonyl (C=O) groups is 1. The largest absolute Gasteiger partial charge is 0.494 e. The fourth-order valence-electron chi connectivity index (χ4n) is 2.29. The van der Waals surface area contributed by atoms with Crippen LogP contribution in [-0.4, -0.2) is 17.5 Å². The van der Waals surface area contributed by atoms with E-state index in [1.807, 2.05) is 36.6 Å². The van der Waals surface area contributed by atoms with Gasteiger partial charge >= 0.3 is 0 Å². The molecule has 1 aromatic heterocycles. The van der Waals surface area contributed by atoms with Crippen LogP contribution in [0.5, 0.6) is 11.5 Å². The van der Waals surface area contributed by atoms with Gasteiger partial charge in [-0.15, -0.1) is 11.3 Å². The fraction of sp³-hybridized carbons (Fsp3) is 0.158. The number of thiazole rings is 1. The van der Waals surface area contributed by atoms with Gasteiger partial charge in [-0.05, 0) is 65.3 Å². The van der Waals surface area contributed by atoms with E-state index in [0.29, 0.717) is 24.5 Å². The van der Waals surface area contributed by atoms with Gasteiger partial charge in [-0.2, -0.15) is 0 Å². The van der Waals surface area contributed by atoms with Crippen molar-refractivity contribution >= 4 is 33.2 Å². The van der Waals surface area contributed by atoms with Gasteiger partial charge in [0.05, 0.1) is 16.8 Å². The molecule has 0 aliphatic carbocycles. The van der Waals surface area contributed by atoms with E-state index in [9.17, 15) is 4.79 Å². The van der Waals surface area contributed by atoms with Crippen LogP contribution in [0.15, 0.2) is 52.3 Å². The lowest BCUT2D eigenvalue weighted by Crippen LogP contribution is -2.11. The van der Waals surface area contributed by atoms with Gasteiger partial charge in [-0.1, -0.05) is 0 Å². The molecule has 3 rings (SSSR count). The highest BCUT2D eigenvalue weighted by atomic mass is 79.9. The molecule has 0 radical (unpaired) electrons. The minimum atomic E-state index is -0.492. The quantitative estimate of drug-likeness (QED) is 0.589. The molecule has 134 valence electrons. The second-order valence-electron chi connectivity index (χ2n) is 5.40. The zero-order valence-corrected chi connectivity index (χ0v) is 16.5. The smallest absolute Gasteiger partial charge is 0.248 e. The molecule has 1 amide bonds. The first-order valence-electron chi connectivity index (χ1n) is 7.96. The molecule has 5 nitrogen and oxygen atoms in total. The van der Waals surface area contributed by atoms with Gasteiger partial charge in [0.2, 0.25) is 5.91 Å². The minimum Gasteiger partial charge on any atom is -0.494 e. The third-order valence-electron chi connectivity index (χ3n) is 3.56. The first kappa shape index (κ1) is 18.4. The molecular formula is C19H17BrN2O3S. The molecular weight excluding hydrogens is 416 g/mol. The summed E-state index contributed by atoms with van der Waals surface area (Å²) >= 11 is 4.96. The monoisotopic (exact) mass is 432 g/mol. The lowest BCUT2D eigenvalue weighted by Gasteiger charge is -2.08. The maximum atomic E-state index is 11.3. The van der Waals surface area contributed by atoms with Crippen LogP contribution in [0.2, 0.25) is 0 Å². The van der Waals surface area contributed by atoms with Gasteiger partial charge in [-0.25, -0.2) is 4.98 Å².